The van der Waals surface area contributed by atoms with Crippen molar-refractivity contribution in [2.45, 2.75) is 40.0 Å². The van der Waals surface area contributed by atoms with E-state index in [4.69, 9.17) is 0 Å². The summed E-state index contributed by atoms with van der Waals surface area (Å²) in [6.07, 6.45) is 0. The maximum absolute atomic E-state index is 12.4. The normalized spacial score (nSPS) is 11.2. The van der Waals surface area contributed by atoms with Gasteiger partial charge in [0.1, 0.15) is 0 Å². The number of hydrogen-bond donors (Lipinski definition) is 1. The molecule has 0 aliphatic carbocycles. The van der Waals surface area contributed by atoms with E-state index in [0.29, 0.717) is 16.8 Å². The van der Waals surface area contributed by atoms with Crippen LogP contribution in [0.1, 0.15) is 59.5 Å². The lowest BCUT2D eigenvalue weighted by molar-refractivity contribution is 0.101. The smallest absolute Gasteiger partial charge is 0.255 e. The van der Waals surface area contributed by atoms with E-state index in [-0.39, 0.29) is 17.1 Å². The van der Waals surface area contributed by atoms with Gasteiger partial charge in [-0.25, -0.2) is 0 Å². The zero-order chi connectivity index (χ0) is 17.2. The summed E-state index contributed by atoms with van der Waals surface area (Å²) in [5.74, 6) is -0.275. The number of ketones is 1. The van der Waals surface area contributed by atoms with Crippen LogP contribution in [-0.4, -0.2) is 11.7 Å². The van der Waals surface area contributed by atoms with Crippen molar-refractivity contribution in [3.05, 3.63) is 64.7 Å². The minimum absolute atomic E-state index is 0.0569. The number of Topliss-reactive ketones (excluding diaryl/α,β-unsaturated/α-hetero) is 1. The Morgan fingerprint density at radius 2 is 1.57 bits per heavy atom. The van der Waals surface area contributed by atoms with Crippen molar-refractivity contribution >= 4 is 17.4 Å². The van der Waals surface area contributed by atoms with E-state index in [0.717, 1.165) is 11.1 Å². The summed E-state index contributed by atoms with van der Waals surface area (Å²) in [7, 11) is 0. The third-order valence-corrected chi connectivity index (χ3v) is 3.83. The maximum atomic E-state index is 12.4. The minimum Gasteiger partial charge on any atom is -0.321 e. The summed E-state index contributed by atoms with van der Waals surface area (Å²) in [4.78, 5) is 24.3. The Hall–Kier alpha value is -2.42. The molecule has 3 nitrogen and oxygen atoms in total. The Balaban J connectivity index is 2.38. The number of carbonyl (C=O) groups excluding carboxylic acids is 2. The summed E-state index contributed by atoms with van der Waals surface area (Å²) in [5, 5.41) is 2.88. The van der Waals surface area contributed by atoms with E-state index < -0.39 is 0 Å². The molecule has 0 bridgehead atoms. The highest BCUT2D eigenvalue weighted by molar-refractivity contribution is 6.09. The van der Waals surface area contributed by atoms with Crippen LogP contribution in [0.5, 0.6) is 0 Å². The molecule has 0 atom stereocenters. The predicted octanol–water partition coefficient (Wildman–Crippen LogP) is 4.75. The highest BCUT2D eigenvalue weighted by atomic mass is 16.1. The lowest BCUT2D eigenvalue weighted by Gasteiger charge is -2.21. The quantitative estimate of drug-likeness (QED) is 0.832. The second kappa shape index (κ2) is 6.37. The summed E-state index contributed by atoms with van der Waals surface area (Å²) in [6, 6.07) is 13.0. The van der Waals surface area contributed by atoms with Crippen LogP contribution in [0.15, 0.2) is 42.5 Å². The first-order chi connectivity index (χ1) is 10.7. The molecule has 0 saturated carbocycles. The molecule has 0 unspecified atom stereocenters. The molecule has 0 fully saturated rings. The van der Waals surface area contributed by atoms with E-state index in [2.05, 4.69) is 26.1 Å². The van der Waals surface area contributed by atoms with Gasteiger partial charge in [-0.15, -0.1) is 0 Å². The first-order valence-corrected chi connectivity index (χ1v) is 7.72. The Labute approximate surface area is 137 Å². The molecule has 0 spiro atoms. The largest absolute Gasteiger partial charge is 0.321 e. The molecule has 0 aliphatic heterocycles. The van der Waals surface area contributed by atoms with Gasteiger partial charge in [-0.2, -0.15) is 0 Å². The van der Waals surface area contributed by atoms with Crippen molar-refractivity contribution in [2.75, 3.05) is 5.32 Å². The number of benzene rings is 2. The minimum atomic E-state index is -0.210. The monoisotopic (exact) mass is 309 g/mol. The topological polar surface area (TPSA) is 46.2 Å². The standard InChI is InChI=1S/C20H23NO2/c1-13-6-8-15(9-7-13)19(23)21-18-12-16(20(3,4)5)10-11-17(18)14(2)22/h6-12H,1-5H3,(H,21,23). The first-order valence-electron chi connectivity index (χ1n) is 7.72. The van der Waals surface area contributed by atoms with Gasteiger partial charge in [0, 0.05) is 11.1 Å². The number of aryl methyl sites for hydroxylation is 1. The summed E-state index contributed by atoms with van der Waals surface area (Å²) < 4.78 is 0. The molecule has 0 aromatic heterocycles. The first kappa shape index (κ1) is 16.9. The lowest BCUT2D eigenvalue weighted by Crippen LogP contribution is -2.17. The molecule has 2 rings (SSSR count). The molecule has 3 heteroatoms. The molecule has 120 valence electrons. The second-order valence-corrected chi connectivity index (χ2v) is 6.89. The van der Waals surface area contributed by atoms with Gasteiger partial charge in [0.25, 0.3) is 5.91 Å². The highest BCUT2D eigenvalue weighted by Crippen LogP contribution is 2.28. The lowest BCUT2D eigenvalue weighted by atomic mass is 9.86. The average molecular weight is 309 g/mol. The Kier molecular flexibility index (Phi) is 4.69. The van der Waals surface area contributed by atoms with E-state index in [1.165, 1.54) is 6.92 Å². The average Bonchev–Trinajstić information content (AvgIpc) is 2.46. The molecule has 1 amide bonds. The van der Waals surface area contributed by atoms with Crippen molar-refractivity contribution in [3.8, 4) is 0 Å². The van der Waals surface area contributed by atoms with Crippen LogP contribution in [0.25, 0.3) is 0 Å². The molecular formula is C20H23NO2. The number of rotatable bonds is 3. The fourth-order valence-electron chi connectivity index (χ4n) is 2.32. The number of carbonyl (C=O) groups is 2. The van der Waals surface area contributed by atoms with Crippen molar-refractivity contribution in [1.29, 1.82) is 0 Å². The van der Waals surface area contributed by atoms with Crippen molar-refractivity contribution in [2.24, 2.45) is 0 Å². The predicted molar refractivity (Wildman–Crippen MR) is 94.3 cm³/mol. The number of amides is 1. The van der Waals surface area contributed by atoms with Crippen LogP contribution in [0.3, 0.4) is 0 Å². The van der Waals surface area contributed by atoms with Gasteiger partial charge in [0.15, 0.2) is 5.78 Å². The van der Waals surface area contributed by atoms with Gasteiger partial charge in [-0.1, -0.05) is 44.5 Å². The van der Waals surface area contributed by atoms with Crippen LogP contribution in [0, 0.1) is 6.92 Å². The highest BCUT2D eigenvalue weighted by Gasteiger charge is 2.18. The van der Waals surface area contributed by atoms with Crippen molar-refractivity contribution < 1.29 is 9.59 Å². The summed E-state index contributed by atoms with van der Waals surface area (Å²) in [6.45, 7) is 9.78. The van der Waals surface area contributed by atoms with Gasteiger partial charge < -0.3 is 5.32 Å². The fraction of sp³-hybridized carbons (Fsp3) is 0.300. The van der Waals surface area contributed by atoms with Crippen molar-refractivity contribution in [3.63, 3.8) is 0 Å². The van der Waals surface area contributed by atoms with Crippen LogP contribution in [0.2, 0.25) is 0 Å². The second-order valence-electron chi connectivity index (χ2n) is 6.89. The van der Waals surface area contributed by atoms with Crippen molar-refractivity contribution in [1.82, 2.24) is 0 Å². The Morgan fingerprint density at radius 1 is 0.957 bits per heavy atom. The fourth-order valence-corrected chi connectivity index (χ4v) is 2.32. The Bertz CT molecular complexity index is 737. The number of hydrogen-bond acceptors (Lipinski definition) is 2. The Morgan fingerprint density at radius 3 is 2.09 bits per heavy atom. The van der Waals surface area contributed by atoms with Gasteiger partial charge >= 0.3 is 0 Å². The summed E-state index contributed by atoms with van der Waals surface area (Å²) in [5.41, 5.74) is 3.78. The third-order valence-electron chi connectivity index (χ3n) is 3.83. The zero-order valence-electron chi connectivity index (χ0n) is 14.4. The molecule has 1 N–H and O–H groups in total. The van der Waals surface area contributed by atoms with E-state index >= 15 is 0 Å². The van der Waals surface area contributed by atoms with Crippen LogP contribution >= 0.6 is 0 Å². The number of nitrogens with one attached hydrogen (secondary N) is 1. The molecule has 0 saturated heterocycles. The van der Waals surface area contributed by atoms with Gasteiger partial charge in [0.05, 0.1) is 5.69 Å². The SMILES string of the molecule is CC(=O)c1ccc(C(C)(C)C)cc1NC(=O)c1ccc(C)cc1. The van der Waals surface area contributed by atoms with E-state index in [1.54, 1.807) is 18.2 Å². The molecule has 0 heterocycles. The van der Waals surface area contributed by atoms with E-state index in [9.17, 15) is 9.59 Å². The molecule has 23 heavy (non-hydrogen) atoms. The maximum Gasteiger partial charge on any atom is 0.255 e. The van der Waals surface area contributed by atoms with Gasteiger partial charge in [0.2, 0.25) is 0 Å². The molecule has 2 aromatic carbocycles. The summed E-state index contributed by atoms with van der Waals surface area (Å²) >= 11 is 0. The van der Waals surface area contributed by atoms with Gasteiger partial charge in [-0.3, -0.25) is 9.59 Å². The third kappa shape index (κ3) is 4.07. The molecule has 0 radical (unpaired) electrons. The molecular weight excluding hydrogens is 286 g/mol. The van der Waals surface area contributed by atoms with Crippen LogP contribution in [-0.2, 0) is 5.41 Å². The van der Waals surface area contributed by atoms with Crippen LogP contribution < -0.4 is 5.32 Å². The van der Waals surface area contributed by atoms with Crippen LogP contribution in [0.4, 0.5) is 5.69 Å². The van der Waals surface area contributed by atoms with Gasteiger partial charge in [-0.05, 0) is 49.1 Å². The zero-order valence-corrected chi connectivity index (χ0v) is 14.4. The van der Waals surface area contributed by atoms with E-state index in [1.807, 2.05) is 31.2 Å². The molecule has 0 aliphatic rings. The molecule has 2 aromatic rings. The number of anilines is 1.